The Kier molecular flexibility index (Phi) is 4.30. The average Bonchev–Trinajstić information content (AvgIpc) is 1.85. The minimum Gasteiger partial charge on any atom is -0.438 e. The van der Waals surface area contributed by atoms with E-state index in [9.17, 15) is 12.9 Å². The Bertz CT molecular complexity index is 200. The smallest absolute Gasteiger partial charge is 0.438 e. The number of hydrogen-bond donors (Lipinski definition) is 0. The van der Waals surface area contributed by atoms with E-state index in [2.05, 4.69) is 5.92 Å². The summed E-state index contributed by atoms with van der Waals surface area (Å²) in [5.74, 6) is 5.56. The molecule has 0 rings (SSSR count). The minimum absolute atomic E-state index is 0.228. The van der Waals surface area contributed by atoms with Crippen molar-refractivity contribution in [3.63, 3.8) is 0 Å². The quantitative estimate of drug-likeness (QED) is 0.329. The molecule has 0 N–H and O–H groups in total. The molecule has 0 bridgehead atoms. The average molecular weight is 159 g/mol. The van der Waals surface area contributed by atoms with Gasteiger partial charge in [-0.2, -0.15) is 0 Å². The molecule has 0 saturated carbocycles. The normalized spacial score (nSPS) is 9.64. The Morgan fingerprint density at radius 1 is 1.18 bits per heavy atom. The van der Waals surface area contributed by atoms with E-state index >= 15 is 0 Å². The Hall–Kier alpha value is -1.03. The molecular weight excluding hydrogens is 152 g/mol. The van der Waals surface area contributed by atoms with Crippen molar-refractivity contribution >= 4 is 6.98 Å². The number of rotatable bonds is 2. The number of hydrogen-bond acceptors (Lipinski definition) is 0. The van der Waals surface area contributed by atoms with Gasteiger partial charge in [-0.25, -0.2) is 5.82 Å². The third-order valence-electron chi connectivity index (χ3n) is 0.889. The van der Waals surface area contributed by atoms with Gasteiger partial charge in [0.2, 0.25) is 0 Å². The number of unbranched alkanes of at least 4 members (excludes halogenated alkanes) is 2. The standard InChI is InChI=1S/C7H7BF3/c1-2-3-4-5-6-7-8(9,10)11/h1H,3-5H2/q-1. The summed E-state index contributed by atoms with van der Waals surface area (Å²) in [7, 11) is 0. The molecule has 0 atom stereocenters. The predicted molar refractivity (Wildman–Crippen MR) is 39.5 cm³/mol. The van der Waals surface area contributed by atoms with Gasteiger partial charge >= 0.3 is 6.98 Å². The van der Waals surface area contributed by atoms with Crippen LogP contribution >= 0.6 is 0 Å². The van der Waals surface area contributed by atoms with Crippen LogP contribution in [0.25, 0.3) is 0 Å². The molecule has 4 heteroatoms. The van der Waals surface area contributed by atoms with Gasteiger partial charge in [-0.05, 0) is 6.42 Å². The van der Waals surface area contributed by atoms with Gasteiger partial charge in [-0.3, -0.25) is 0 Å². The molecular formula is C7H7BF3-. The van der Waals surface area contributed by atoms with E-state index in [0.29, 0.717) is 12.8 Å². The fourth-order valence-electron chi connectivity index (χ4n) is 0.467. The van der Waals surface area contributed by atoms with Crippen molar-refractivity contribution in [3.05, 3.63) is 0 Å². The largest absolute Gasteiger partial charge is 0.557 e. The highest BCUT2D eigenvalue weighted by atomic mass is 19.4. The Balaban J connectivity index is 3.51. The van der Waals surface area contributed by atoms with Gasteiger partial charge in [0.25, 0.3) is 0 Å². The Morgan fingerprint density at radius 3 is 2.27 bits per heavy atom. The van der Waals surface area contributed by atoms with Gasteiger partial charge in [0, 0.05) is 12.8 Å². The molecule has 0 aliphatic rings. The van der Waals surface area contributed by atoms with E-state index in [1.165, 1.54) is 5.82 Å². The zero-order valence-corrected chi connectivity index (χ0v) is 5.91. The van der Waals surface area contributed by atoms with E-state index in [1.54, 1.807) is 0 Å². The van der Waals surface area contributed by atoms with Crippen molar-refractivity contribution in [3.8, 4) is 24.1 Å². The third-order valence-corrected chi connectivity index (χ3v) is 0.889. The topological polar surface area (TPSA) is 0 Å². The van der Waals surface area contributed by atoms with E-state index < -0.39 is 6.98 Å². The van der Waals surface area contributed by atoms with Crippen molar-refractivity contribution in [1.82, 2.24) is 0 Å². The van der Waals surface area contributed by atoms with Gasteiger partial charge in [-0.1, -0.05) is 0 Å². The van der Waals surface area contributed by atoms with Crippen molar-refractivity contribution in [2.45, 2.75) is 19.3 Å². The van der Waals surface area contributed by atoms with Gasteiger partial charge in [-0.15, -0.1) is 18.3 Å². The summed E-state index contributed by atoms with van der Waals surface area (Å²) in [6.07, 6.45) is 6.13. The first-order valence-electron chi connectivity index (χ1n) is 3.19. The Morgan fingerprint density at radius 2 is 1.82 bits per heavy atom. The summed E-state index contributed by atoms with van der Waals surface area (Å²) < 4.78 is 34.2. The lowest BCUT2D eigenvalue weighted by Gasteiger charge is -2.01. The fraction of sp³-hybridized carbons (Fsp3) is 0.429. The summed E-state index contributed by atoms with van der Waals surface area (Å²) >= 11 is 0. The van der Waals surface area contributed by atoms with Crippen molar-refractivity contribution in [2.24, 2.45) is 0 Å². The van der Waals surface area contributed by atoms with Crippen LogP contribution in [-0.4, -0.2) is 6.98 Å². The van der Waals surface area contributed by atoms with Gasteiger partial charge in [0.05, 0.1) is 0 Å². The lowest BCUT2D eigenvalue weighted by Crippen LogP contribution is -2.10. The first kappa shape index (κ1) is 9.97. The van der Waals surface area contributed by atoms with Crippen LogP contribution in [0, 0.1) is 24.1 Å². The van der Waals surface area contributed by atoms with Gasteiger partial charge in [0.1, 0.15) is 0 Å². The van der Waals surface area contributed by atoms with Crippen LogP contribution in [0.5, 0.6) is 0 Å². The van der Waals surface area contributed by atoms with E-state index in [4.69, 9.17) is 6.42 Å². The molecule has 0 spiro atoms. The van der Waals surface area contributed by atoms with Crippen LogP contribution in [0.2, 0.25) is 0 Å². The summed E-state index contributed by atoms with van der Waals surface area (Å²) in [6.45, 7) is -4.93. The second kappa shape index (κ2) is 4.74. The molecule has 0 aromatic carbocycles. The lowest BCUT2D eigenvalue weighted by molar-refractivity contribution is 0.503. The van der Waals surface area contributed by atoms with Crippen LogP contribution < -0.4 is 0 Å². The van der Waals surface area contributed by atoms with Crippen LogP contribution in [0.4, 0.5) is 12.9 Å². The minimum atomic E-state index is -4.93. The molecule has 0 fully saturated rings. The first-order chi connectivity index (χ1) is 5.06. The molecule has 0 heterocycles. The van der Waals surface area contributed by atoms with E-state index in [0.717, 1.165) is 0 Å². The second-order valence-electron chi connectivity index (χ2n) is 1.95. The maximum atomic E-state index is 11.4. The van der Waals surface area contributed by atoms with Crippen molar-refractivity contribution in [2.75, 3.05) is 0 Å². The van der Waals surface area contributed by atoms with E-state index in [-0.39, 0.29) is 6.42 Å². The maximum Gasteiger partial charge on any atom is 0.557 e. The summed E-state index contributed by atoms with van der Waals surface area (Å²) in [5.41, 5.74) is 0. The molecule has 60 valence electrons. The predicted octanol–water partition coefficient (Wildman–Crippen LogP) is 2.18. The lowest BCUT2D eigenvalue weighted by atomic mass is 9.94. The zero-order chi connectivity index (χ0) is 8.74. The number of terminal acetylenes is 1. The summed E-state index contributed by atoms with van der Waals surface area (Å²) in [4.78, 5) is 0. The van der Waals surface area contributed by atoms with Crippen LogP contribution in [0.15, 0.2) is 0 Å². The van der Waals surface area contributed by atoms with E-state index in [1.807, 2.05) is 5.92 Å². The molecule has 0 aromatic heterocycles. The Labute approximate surface area is 64.2 Å². The highest BCUT2D eigenvalue weighted by Gasteiger charge is 2.17. The second-order valence-corrected chi connectivity index (χ2v) is 1.95. The molecule has 0 amide bonds. The zero-order valence-electron chi connectivity index (χ0n) is 5.91. The molecule has 0 aliphatic carbocycles. The molecule has 0 nitrogen and oxygen atoms in total. The summed E-state index contributed by atoms with van der Waals surface area (Å²) in [5, 5.41) is 0. The van der Waals surface area contributed by atoms with Crippen LogP contribution in [0.3, 0.4) is 0 Å². The molecule has 0 saturated heterocycles. The van der Waals surface area contributed by atoms with Crippen molar-refractivity contribution in [1.29, 1.82) is 0 Å². The number of halogens is 3. The molecule has 0 aromatic rings. The summed E-state index contributed by atoms with van der Waals surface area (Å²) in [6, 6.07) is 0. The highest BCUT2D eigenvalue weighted by Crippen LogP contribution is 2.05. The van der Waals surface area contributed by atoms with Gasteiger partial charge < -0.3 is 12.9 Å². The van der Waals surface area contributed by atoms with Crippen LogP contribution in [-0.2, 0) is 0 Å². The van der Waals surface area contributed by atoms with Crippen molar-refractivity contribution < 1.29 is 12.9 Å². The van der Waals surface area contributed by atoms with Crippen LogP contribution in [0.1, 0.15) is 19.3 Å². The first-order valence-corrected chi connectivity index (χ1v) is 3.19. The molecule has 0 radical (unpaired) electrons. The molecule has 0 aliphatic heterocycles. The SMILES string of the molecule is C#CCCCC#C[B-](F)(F)F. The fourth-order valence-corrected chi connectivity index (χ4v) is 0.467. The monoisotopic (exact) mass is 159 g/mol. The third kappa shape index (κ3) is 8.97. The molecule has 0 unspecified atom stereocenters. The van der Waals surface area contributed by atoms with Gasteiger partial charge in [0.15, 0.2) is 0 Å². The molecule has 11 heavy (non-hydrogen) atoms. The highest BCUT2D eigenvalue weighted by molar-refractivity contribution is 6.67. The maximum absolute atomic E-state index is 11.4.